The van der Waals surface area contributed by atoms with E-state index in [0.717, 1.165) is 17.1 Å². The second kappa shape index (κ2) is 5.31. The summed E-state index contributed by atoms with van der Waals surface area (Å²) in [6, 6.07) is 1.34. The highest BCUT2D eigenvalue weighted by Crippen LogP contribution is 2.31. The molecule has 1 aliphatic rings. The Morgan fingerprint density at radius 3 is 2.45 bits per heavy atom. The smallest absolute Gasteiger partial charge is 0.243 e. The van der Waals surface area contributed by atoms with Crippen LogP contribution in [0.5, 0.6) is 0 Å². The van der Waals surface area contributed by atoms with Crippen molar-refractivity contribution in [3.63, 3.8) is 0 Å². The van der Waals surface area contributed by atoms with Crippen LogP contribution in [0.3, 0.4) is 0 Å². The van der Waals surface area contributed by atoms with Crippen LogP contribution in [0.25, 0.3) is 0 Å². The fraction of sp³-hybridized carbons (Fsp3) is 0.600. The van der Waals surface area contributed by atoms with Gasteiger partial charge in [0, 0.05) is 5.56 Å². The molecule has 2 heterocycles. The number of carbonyl (C=O) groups is 2. The van der Waals surface area contributed by atoms with Crippen LogP contribution in [0.15, 0.2) is 10.5 Å². The lowest BCUT2D eigenvalue weighted by Crippen LogP contribution is -2.60. The molecule has 5 nitrogen and oxygen atoms in total. The van der Waals surface area contributed by atoms with Crippen molar-refractivity contribution < 1.29 is 14.0 Å². The molecule has 1 aromatic heterocycles. The van der Waals surface area contributed by atoms with E-state index in [2.05, 4.69) is 5.32 Å². The van der Waals surface area contributed by atoms with Gasteiger partial charge in [0.25, 0.3) is 0 Å². The predicted molar refractivity (Wildman–Crippen MR) is 75.1 cm³/mol. The SMILES string of the molecule is Cc1cc(C(C)N2C(=O)CNC(=O)C2C(C)C)c(C)o1. The molecular weight excluding hydrogens is 256 g/mol. The van der Waals surface area contributed by atoms with E-state index in [4.69, 9.17) is 4.42 Å². The lowest BCUT2D eigenvalue weighted by molar-refractivity contribution is -0.150. The van der Waals surface area contributed by atoms with Crippen molar-refractivity contribution in [2.24, 2.45) is 5.92 Å². The summed E-state index contributed by atoms with van der Waals surface area (Å²) in [6.45, 7) is 9.70. The van der Waals surface area contributed by atoms with Gasteiger partial charge in [-0.15, -0.1) is 0 Å². The summed E-state index contributed by atoms with van der Waals surface area (Å²) in [6.07, 6.45) is 0. The third kappa shape index (κ3) is 2.44. The monoisotopic (exact) mass is 278 g/mol. The maximum Gasteiger partial charge on any atom is 0.243 e. The Balaban J connectivity index is 2.38. The van der Waals surface area contributed by atoms with E-state index in [-0.39, 0.29) is 30.3 Å². The summed E-state index contributed by atoms with van der Waals surface area (Å²) in [7, 11) is 0. The van der Waals surface area contributed by atoms with Gasteiger partial charge in [-0.2, -0.15) is 0 Å². The van der Waals surface area contributed by atoms with E-state index in [1.807, 2.05) is 40.7 Å². The minimum Gasteiger partial charge on any atom is -0.466 e. The Morgan fingerprint density at radius 1 is 1.30 bits per heavy atom. The molecule has 1 saturated heterocycles. The Bertz CT molecular complexity index is 533. The first kappa shape index (κ1) is 14.6. The average Bonchev–Trinajstić information content (AvgIpc) is 2.69. The van der Waals surface area contributed by atoms with Crippen molar-refractivity contribution in [2.75, 3.05) is 6.54 Å². The second-order valence-corrected chi connectivity index (χ2v) is 5.75. The van der Waals surface area contributed by atoms with Gasteiger partial charge in [-0.3, -0.25) is 9.59 Å². The summed E-state index contributed by atoms with van der Waals surface area (Å²) in [5.74, 6) is 1.56. The minimum atomic E-state index is -0.430. The molecule has 2 rings (SSSR count). The van der Waals surface area contributed by atoms with Crippen LogP contribution in [0, 0.1) is 19.8 Å². The summed E-state index contributed by atoms with van der Waals surface area (Å²) >= 11 is 0. The highest BCUT2D eigenvalue weighted by molar-refractivity contribution is 5.95. The van der Waals surface area contributed by atoms with Crippen LogP contribution in [0.1, 0.15) is 43.9 Å². The van der Waals surface area contributed by atoms with Gasteiger partial charge in [0.05, 0.1) is 12.6 Å². The molecule has 0 aromatic carbocycles. The summed E-state index contributed by atoms with van der Waals surface area (Å²) in [5, 5.41) is 2.67. The number of nitrogens with zero attached hydrogens (tertiary/aromatic N) is 1. The van der Waals surface area contributed by atoms with Crippen molar-refractivity contribution in [3.05, 3.63) is 23.2 Å². The number of hydrogen-bond acceptors (Lipinski definition) is 3. The molecule has 2 atom stereocenters. The Morgan fingerprint density at radius 2 is 1.95 bits per heavy atom. The Hall–Kier alpha value is -1.78. The maximum absolute atomic E-state index is 12.3. The van der Waals surface area contributed by atoms with Gasteiger partial charge in [-0.05, 0) is 32.8 Å². The molecule has 1 fully saturated rings. The van der Waals surface area contributed by atoms with Crippen molar-refractivity contribution in [3.8, 4) is 0 Å². The third-order valence-electron chi connectivity index (χ3n) is 3.85. The van der Waals surface area contributed by atoms with Crippen molar-refractivity contribution in [1.82, 2.24) is 10.2 Å². The predicted octanol–water partition coefficient (Wildman–Crippen LogP) is 1.94. The van der Waals surface area contributed by atoms with E-state index in [1.165, 1.54) is 0 Å². The van der Waals surface area contributed by atoms with Crippen LogP contribution >= 0.6 is 0 Å². The van der Waals surface area contributed by atoms with E-state index in [0.29, 0.717) is 0 Å². The zero-order chi connectivity index (χ0) is 15.0. The van der Waals surface area contributed by atoms with E-state index < -0.39 is 6.04 Å². The topological polar surface area (TPSA) is 62.6 Å². The number of aryl methyl sites for hydroxylation is 2. The van der Waals surface area contributed by atoms with Crippen LogP contribution < -0.4 is 5.32 Å². The van der Waals surface area contributed by atoms with Crippen molar-refractivity contribution in [1.29, 1.82) is 0 Å². The van der Waals surface area contributed by atoms with Gasteiger partial charge in [0.2, 0.25) is 11.8 Å². The molecule has 0 spiro atoms. The molecule has 0 aliphatic carbocycles. The second-order valence-electron chi connectivity index (χ2n) is 5.75. The van der Waals surface area contributed by atoms with Crippen molar-refractivity contribution >= 4 is 11.8 Å². The number of nitrogens with one attached hydrogen (secondary N) is 1. The lowest BCUT2D eigenvalue weighted by atomic mass is 9.95. The Labute approximate surface area is 119 Å². The third-order valence-corrected chi connectivity index (χ3v) is 3.85. The van der Waals surface area contributed by atoms with E-state index in [1.54, 1.807) is 4.90 Å². The van der Waals surface area contributed by atoms with Gasteiger partial charge in [-0.25, -0.2) is 0 Å². The first-order valence-corrected chi connectivity index (χ1v) is 6.98. The first-order valence-electron chi connectivity index (χ1n) is 6.98. The van der Waals surface area contributed by atoms with Gasteiger partial charge in [-0.1, -0.05) is 13.8 Å². The standard InChI is InChI=1S/C15H22N2O3/c1-8(2)14-15(19)16-7-13(18)17(14)10(4)12-6-9(3)20-11(12)5/h6,8,10,14H,7H2,1-5H3,(H,16,19). The first-order chi connectivity index (χ1) is 9.32. The number of furan rings is 1. The quantitative estimate of drug-likeness (QED) is 0.919. The van der Waals surface area contributed by atoms with E-state index in [9.17, 15) is 9.59 Å². The molecular formula is C15H22N2O3. The molecule has 2 unspecified atom stereocenters. The molecule has 20 heavy (non-hydrogen) atoms. The number of amides is 2. The molecule has 0 radical (unpaired) electrons. The van der Waals surface area contributed by atoms with Gasteiger partial charge in [0.15, 0.2) is 0 Å². The van der Waals surface area contributed by atoms with Crippen molar-refractivity contribution in [2.45, 2.75) is 46.7 Å². The van der Waals surface area contributed by atoms with Crippen LogP contribution in [-0.4, -0.2) is 29.3 Å². The summed E-state index contributed by atoms with van der Waals surface area (Å²) in [5.41, 5.74) is 0.969. The molecule has 0 bridgehead atoms. The van der Waals surface area contributed by atoms with Gasteiger partial charge in [0.1, 0.15) is 17.6 Å². The van der Waals surface area contributed by atoms with Crippen LogP contribution in [-0.2, 0) is 9.59 Å². The molecule has 2 amide bonds. The lowest BCUT2D eigenvalue weighted by Gasteiger charge is -2.41. The fourth-order valence-corrected chi connectivity index (χ4v) is 2.94. The molecule has 1 aliphatic heterocycles. The normalized spacial score (nSPS) is 21.3. The zero-order valence-electron chi connectivity index (χ0n) is 12.7. The highest BCUT2D eigenvalue weighted by atomic mass is 16.3. The highest BCUT2D eigenvalue weighted by Gasteiger charge is 2.40. The van der Waals surface area contributed by atoms with Crippen LogP contribution in [0.2, 0.25) is 0 Å². The van der Waals surface area contributed by atoms with Gasteiger partial charge < -0.3 is 14.6 Å². The van der Waals surface area contributed by atoms with Gasteiger partial charge >= 0.3 is 0 Å². The Kier molecular flexibility index (Phi) is 3.88. The number of rotatable bonds is 3. The molecule has 5 heteroatoms. The molecule has 110 valence electrons. The maximum atomic E-state index is 12.3. The zero-order valence-corrected chi connectivity index (χ0v) is 12.7. The number of hydrogen-bond donors (Lipinski definition) is 1. The number of piperazine rings is 1. The largest absolute Gasteiger partial charge is 0.466 e. The molecule has 1 N–H and O–H groups in total. The average molecular weight is 278 g/mol. The minimum absolute atomic E-state index is 0.0472. The van der Waals surface area contributed by atoms with E-state index >= 15 is 0 Å². The number of carbonyl (C=O) groups excluding carboxylic acids is 2. The van der Waals surface area contributed by atoms with Crippen LogP contribution in [0.4, 0.5) is 0 Å². The summed E-state index contributed by atoms with van der Waals surface area (Å²) in [4.78, 5) is 26.1. The fourth-order valence-electron chi connectivity index (χ4n) is 2.94. The molecule has 1 aromatic rings. The molecule has 0 saturated carbocycles. The summed E-state index contributed by atoms with van der Waals surface area (Å²) < 4.78 is 5.55.